The first kappa shape index (κ1) is 19.1. The molecular formula is C22H26FN3O. The van der Waals surface area contributed by atoms with Crippen molar-refractivity contribution >= 4 is 11.6 Å². The number of pyridine rings is 1. The monoisotopic (exact) mass is 367 g/mol. The third-order valence-corrected chi connectivity index (χ3v) is 4.80. The number of imidazole rings is 1. The van der Waals surface area contributed by atoms with Crippen LogP contribution in [0.4, 0.5) is 4.39 Å². The van der Waals surface area contributed by atoms with Crippen LogP contribution in [0.5, 0.6) is 0 Å². The van der Waals surface area contributed by atoms with Crippen LogP contribution < -0.4 is 5.32 Å². The minimum Gasteiger partial charge on any atom is -0.356 e. The van der Waals surface area contributed by atoms with Crippen molar-refractivity contribution in [2.75, 3.05) is 6.54 Å². The summed E-state index contributed by atoms with van der Waals surface area (Å²) in [6, 6.07) is 12.2. The zero-order valence-electron chi connectivity index (χ0n) is 15.7. The summed E-state index contributed by atoms with van der Waals surface area (Å²) in [6.45, 7) is 2.85. The van der Waals surface area contributed by atoms with Crippen LogP contribution in [0.1, 0.15) is 56.2 Å². The molecule has 27 heavy (non-hydrogen) atoms. The maximum atomic E-state index is 13.8. The van der Waals surface area contributed by atoms with E-state index in [1.165, 1.54) is 25.0 Å². The van der Waals surface area contributed by atoms with Gasteiger partial charge in [0.2, 0.25) is 5.91 Å². The van der Waals surface area contributed by atoms with Crippen molar-refractivity contribution in [2.24, 2.45) is 0 Å². The molecule has 0 spiro atoms. The summed E-state index contributed by atoms with van der Waals surface area (Å²) in [7, 11) is 0. The SMILES string of the molecule is CCCCCCNC(=O)CC(c1cccc(F)c1)c1cnc2ccccn12. The van der Waals surface area contributed by atoms with Gasteiger partial charge < -0.3 is 9.72 Å². The first-order valence-corrected chi connectivity index (χ1v) is 9.63. The molecule has 1 aromatic carbocycles. The van der Waals surface area contributed by atoms with Gasteiger partial charge in [0, 0.05) is 31.3 Å². The standard InChI is InChI=1S/C22H26FN3O/c1-2-3-4-6-12-24-22(27)15-19(17-9-8-10-18(23)14-17)20-16-25-21-11-5-7-13-26(20)21/h5,7-11,13-14,16,19H,2-4,6,12,15H2,1H3,(H,24,27). The average Bonchev–Trinajstić information content (AvgIpc) is 3.10. The number of aromatic nitrogens is 2. The quantitative estimate of drug-likeness (QED) is 0.558. The molecule has 4 nitrogen and oxygen atoms in total. The number of carbonyl (C=O) groups excluding carboxylic acids is 1. The van der Waals surface area contributed by atoms with E-state index in [0.717, 1.165) is 29.7 Å². The molecule has 0 saturated carbocycles. The van der Waals surface area contributed by atoms with Crippen molar-refractivity contribution in [1.82, 2.24) is 14.7 Å². The first-order valence-electron chi connectivity index (χ1n) is 9.63. The Bertz CT molecular complexity index is 890. The molecule has 0 fully saturated rings. The van der Waals surface area contributed by atoms with Crippen LogP contribution in [0.25, 0.3) is 5.65 Å². The Morgan fingerprint density at radius 3 is 2.89 bits per heavy atom. The number of rotatable bonds is 9. The molecule has 1 atom stereocenters. The Hall–Kier alpha value is -2.69. The lowest BCUT2D eigenvalue weighted by Crippen LogP contribution is -2.26. The van der Waals surface area contributed by atoms with E-state index in [2.05, 4.69) is 17.2 Å². The highest BCUT2D eigenvalue weighted by Crippen LogP contribution is 2.29. The predicted molar refractivity (Wildman–Crippen MR) is 105 cm³/mol. The molecule has 1 unspecified atom stereocenters. The summed E-state index contributed by atoms with van der Waals surface area (Å²) in [5, 5.41) is 3.00. The maximum absolute atomic E-state index is 13.8. The lowest BCUT2D eigenvalue weighted by atomic mass is 9.92. The van der Waals surface area contributed by atoms with E-state index in [1.807, 2.05) is 34.9 Å². The Labute approximate surface area is 159 Å². The topological polar surface area (TPSA) is 46.4 Å². The molecule has 0 saturated heterocycles. The van der Waals surface area contributed by atoms with Gasteiger partial charge in [-0.1, -0.05) is 44.4 Å². The Kier molecular flexibility index (Phi) is 6.58. The van der Waals surface area contributed by atoms with E-state index in [4.69, 9.17) is 0 Å². The molecule has 0 aliphatic heterocycles. The van der Waals surface area contributed by atoms with Crippen LogP contribution in [0.3, 0.4) is 0 Å². The second kappa shape index (κ2) is 9.31. The number of carbonyl (C=O) groups is 1. The molecule has 1 amide bonds. The van der Waals surface area contributed by atoms with Gasteiger partial charge in [-0.2, -0.15) is 0 Å². The van der Waals surface area contributed by atoms with Gasteiger partial charge in [-0.15, -0.1) is 0 Å². The van der Waals surface area contributed by atoms with Crippen LogP contribution in [-0.4, -0.2) is 21.8 Å². The van der Waals surface area contributed by atoms with Gasteiger partial charge in [0.15, 0.2) is 0 Å². The molecule has 5 heteroatoms. The number of halogens is 1. The number of amides is 1. The summed E-state index contributed by atoms with van der Waals surface area (Å²) in [5.41, 5.74) is 2.48. The summed E-state index contributed by atoms with van der Waals surface area (Å²) < 4.78 is 15.8. The van der Waals surface area contributed by atoms with Crippen molar-refractivity contribution < 1.29 is 9.18 Å². The third-order valence-electron chi connectivity index (χ3n) is 4.80. The first-order chi connectivity index (χ1) is 13.2. The molecule has 142 valence electrons. The highest BCUT2D eigenvalue weighted by Gasteiger charge is 2.22. The van der Waals surface area contributed by atoms with Crippen molar-refractivity contribution in [2.45, 2.75) is 44.9 Å². The Morgan fingerprint density at radius 1 is 1.19 bits per heavy atom. The molecule has 0 aliphatic carbocycles. The van der Waals surface area contributed by atoms with E-state index in [0.29, 0.717) is 6.54 Å². The van der Waals surface area contributed by atoms with Crippen LogP contribution in [0.15, 0.2) is 54.9 Å². The summed E-state index contributed by atoms with van der Waals surface area (Å²) >= 11 is 0. The van der Waals surface area contributed by atoms with E-state index >= 15 is 0 Å². The normalized spacial score (nSPS) is 12.2. The molecule has 1 N–H and O–H groups in total. The van der Waals surface area contributed by atoms with Crippen LogP contribution in [-0.2, 0) is 4.79 Å². The number of fused-ring (bicyclic) bond motifs is 1. The fraction of sp³-hybridized carbons (Fsp3) is 0.364. The van der Waals surface area contributed by atoms with Crippen LogP contribution in [0.2, 0.25) is 0 Å². The number of unbranched alkanes of at least 4 members (excludes halogenated alkanes) is 3. The minimum absolute atomic E-state index is 0.0216. The lowest BCUT2D eigenvalue weighted by molar-refractivity contribution is -0.121. The zero-order chi connectivity index (χ0) is 19.1. The number of hydrogen-bond donors (Lipinski definition) is 1. The van der Waals surface area contributed by atoms with Crippen LogP contribution in [0, 0.1) is 5.82 Å². The van der Waals surface area contributed by atoms with Crippen LogP contribution >= 0.6 is 0 Å². The van der Waals surface area contributed by atoms with Crippen molar-refractivity contribution in [1.29, 1.82) is 0 Å². The largest absolute Gasteiger partial charge is 0.356 e. The minimum atomic E-state index is -0.300. The van der Waals surface area contributed by atoms with Crippen molar-refractivity contribution in [3.8, 4) is 0 Å². The van der Waals surface area contributed by atoms with Crippen molar-refractivity contribution in [3.63, 3.8) is 0 Å². The maximum Gasteiger partial charge on any atom is 0.221 e. The van der Waals surface area contributed by atoms with E-state index < -0.39 is 0 Å². The lowest BCUT2D eigenvalue weighted by Gasteiger charge is -2.17. The van der Waals surface area contributed by atoms with Gasteiger partial charge in [-0.25, -0.2) is 9.37 Å². The van der Waals surface area contributed by atoms with Gasteiger partial charge in [0.1, 0.15) is 11.5 Å². The fourth-order valence-electron chi connectivity index (χ4n) is 3.36. The number of hydrogen-bond acceptors (Lipinski definition) is 2. The molecule has 0 bridgehead atoms. The molecular weight excluding hydrogens is 341 g/mol. The highest BCUT2D eigenvalue weighted by molar-refractivity contribution is 5.77. The predicted octanol–water partition coefficient (Wildman–Crippen LogP) is 4.69. The van der Waals surface area contributed by atoms with Gasteiger partial charge in [-0.3, -0.25) is 4.79 Å². The molecule has 2 heterocycles. The summed E-state index contributed by atoms with van der Waals surface area (Å²) in [5.74, 6) is -0.577. The fourth-order valence-corrected chi connectivity index (χ4v) is 3.36. The van der Waals surface area contributed by atoms with E-state index in [1.54, 1.807) is 12.3 Å². The van der Waals surface area contributed by atoms with E-state index in [-0.39, 0.29) is 24.1 Å². The molecule has 0 radical (unpaired) electrons. The second-order valence-corrected chi connectivity index (χ2v) is 6.83. The highest BCUT2D eigenvalue weighted by atomic mass is 19.1. The van der Waals surface area contributed by atoms with E-state index in [9.17, 15) is 9.18 Å². The molecule has 2 aromatic heterocycles. The Morgan fingerprint density at radius 2 is 2.07 bits per heavy atom. The van der Waals surface area contributed by atoms with Gasteiger partial charge >= 0.3 is 0 Å². The second-order valence-electron chi connectivity index (χ2n) is 6.83. The van der Waals surface area contributed by atoms with Gasteiger partial charge in [-0.05, 0) is 36.2 Å². The van der Waals surface area contributed by atoms with Crippen molar-refractivity contribution in [3.05, 3.63) is 71.9 Å². The number of benzene rings is 1. The summed E-state index contributed by atoms with van der Waals surface area (Å²) in [4.78, 5) is 17.0. The third kappa shape index (κ3) is 4.94. The smallest absolute Gasteiger partial charge is 0.221 e. The molecule has 0 aliphatic rings. The molecule has 3 rings (SSSR count). The van der Waals surface area contributed by atoms with Gasteiger partial charge in [0.05, 0.1) is 5.69 Å². The average molecular weight is 367 g/mol. The number of nitrogens with zero attached hydrogens (tertiary/aromatic N) is 2. The number of nitrogens with one attached hydrogen (secondary N) is 1. The summed E-state index contributed by atoms with van der Waals surface area (Å²) in [6.07, 6.45) is 8.43. The van der Waals surface area contributed by atoms with Gasteiger partial charge in [0.25, 0.3) is 0 Å². The Balaban J connectivity index is 1.80. The zero-order valence-corrected chi connectivity index (χ0v) is 15.7. The molecule has 3 aromatic rings.